The number of hydrogen-bond donors (Lipinski definition) is 3. The number of benzene rings is 2. The van der Waals surface area contributed by atoms with Crippen LogP contribution in [0, 0.1) is 12.7 Å². The maximum Gasteiger partial charge on any atom is 0.257 e. The summed E-state index contributed by atoms with van der Waals surface area (Å²) in [5.74, 6) is 0.915. The van der Waals surface area contributed by atoms with Crippen molar-refractivity contribution in [1.82, 2.24) is 16.0 Å². The first-order valence-corrected chi connectivity index (χ1v) is 9.19. The fourth-order valence-electron chi connectivity index (χ4n) is 2.55. The van der Waals surface area contributed by atoms with Crippen LogP contribution in [0.15, 0.2) is 47.5 Å². The van der Waals surface area contributed by atoms with Crippen LogP contribution in [0.2, 0.25) is 0 Å². The molecule has 0 aliphatic carbocycles. The Hall–Kier alpha value is -3.09. The molecule has 28 heavy (non-hydrogen) atoms. The SMILES string of the molecule is CCNC(=O)COc1cccc(CNC(=NC)NCc2ccc(F)c(C)c2)c1. The van der Waals surface area contributed by atoms with Gasteiger partial charge in [-0.2, -0.15) is 0 Å². The lowest BCUT2D eigenvalue weighted by molar-refractivity contribution is -0.122. The lowest BCUT2D eigenvalue weighted by Gasteiger charge is -2.13. The molecule has 0 fully saturated rings. The van der Waals surface area contributed by atoms with E-state index in [9.17, 15) is 9.18 Å². The Morgan fingerprint density at radius 3 is 2.43 bits per heavy atom. The summed E-state index contributed by atoms with van der Waals surface area (Å²) in [5.41, 5.74) is 2.59. The van der Waals surface area contributed by atoms with Crippen LogP contribution in [-0.4, -0.2) is 32.1 Å². The molecule has 150 valence electrons. The Balaban J connectivity index is 1.84. The molecule has 0 bridgehead atoms. The maximum absolute atomic E-state index is 13.4. The normalized spacial score (nSPS) is 11.1. The Kier molecular flexibility index (Phi) is 8.27. The van der Waals surface area contributed by atoms with Crippen molar-refractivity contribution in [3.05, 3.63) is 65.0 Å². The number of rotatable bonds is 8. The second-order valence-electron chi connectivity index (χ2n) is 6.25. The molecule has 6 nitrogen and oxygen atoms in total. The Morgan fingerprint density at radius 2 is 1.79 bits per heavy atom. The van der Waals surface area contributed by atoms with E-state index in [0.717, 1.165) is 11.1 Å². The van der Waals surface area contributed by atoms with E-state index in [0.29, 0.717) is 36.9 Å². The standard InChI is InChI=1S/C21H27FN4O2/c1-4-24-20(27)14-28-18-7-5-6-16(11-18)12-25-21(23-3)26-13-17-8-9-19(22)15(2)10-17/h5-11H,4,12-14H2,1-3H3,(H,24,27)(H2,23,25,26). The third-order valence-electron chi connectivity index (χ3n) is 4.01. The van der Waals surface area contributed by atoms with Gasteiger partial charge in [0, 0.05) is 26.7 Å². The van der Waals surface area contributed by atoms with Gasteiger partial charge in [0.15, 0.2) is 12.6 Å². The summed E-state index contributed by atoms with van der Waals surface area (Å²) < 4.78 is 18.9. The van der Waals surface area contributed by atoms with Crippen LogP contribution in [0.1, 0.15) is 23.6 Å². The number of likely N-dealkylation sites (N-methyl/N-ethyl adjacent to an activating group) is 1. The molecule has 2 aromatic rings. The van der Waals surface area contributed by atoms with Crippen LogP contribution in [0.5, 0.6) is 5.75 Å². The number of amides is 1. The van der Waals surface area contributed by atoms with Crippen molar-refractivity contribution in [3.8, 4) is 5.75 Å². The van der Waals surface area contributed by atoms with E-state index >= 15 is 0 Å². The Labute approximate surface area is 165 Å². The fraction of sp³-hybridized carbons (Fsp3) is 0.333. The highest BCUT2D eigenvalue weighted by Crippen LogP contribution is 2.13. The third-order valence-corrected chi connectivity index (χ3v) is 4.01. The second kappa shape index (κ2) is 10.9. The first-order valence-electron chi connectivity index (χ1n) is 9.19. The molecule has 0 unspecified atom stereocenters. The second-order valence-corrected chi connectivity index (χ2v) is 6.25. The number of guanidine groups is 1. The molecule has 3 N–H and O–H groups in total. The van der Waals surface area contributed by atoms with E-state index < -0.39 is 0 Å². The van der Waals surface area contributed by atoms with Gasteiger partial charge >= 0.3 is 0 Å². The van der Waals surface area contributed by atoms with E-state index in [-0.39, 0.29) is 18.3 Å². The largest absolute Gasteiger partial charge is 0.484 e. The topological polar surface area (TPSA) is 74.8 Å². The third kappa shape index (κ3) is 6.90. The van der Waals surface area contributed by atoms with Gasteiger partial charge < -0.3 is 20.7 Å². The van der Waals surface area contributed by atoms with Gasteiger partial charge in [0.25, 0.3) is 5.91 Å². The minimum absolute atomic E-state index is 0.00890. The molecule has 0 saturated carbocycles. The van der Waals surface area contributed by atoms with Gasteiger partial charge in [0.1, 0.15) is 11.6 Å². The number of ether oxygens (including phenoxy) is 1. The lowest BCUT2D eigenvalue weighted by atomic mass is 10.1. The molecule has 0 saturated heterocycles. The van der Waals surface area contributed by atoms with E-state index in [1.807, 2.05) is 37.3 Å². The molecule has 0 radical (unpaired) electrons. The average Bonchev–Trinajstić information content (AvgIpc) is 2.69. The number of nitrogens with zero attached hydrogens (tertiary/aromatic N) is 1. The molecule has 0 heterocycles. The summed E-state index contributed by atoms with van der Waals surface area (Å²) in [7, 11) is 1.69. The highest BCUT2D eigenvalue weighted by molar-refractivity contribution is 5.79. The van der Waals surface area contributed by atoms with Gasteiger partial charge in [-0.15, -0.1) is 0 Å². The maximum atomic E-state index is 13.4. The molecule has 0 spiro atoms. The van der Waals surface area contributed by atoms with Crippen LogP contribution in [0.4, 0.5) is 4.39 Å². The molecule has 2 rings (SSSR count). The van der Waals surface area contributed by atoms with Crippen molar-refractivity contribution < 1.29 is 13.9 Å². The number of carbonyl (C=O) groups is 1. The van der Waals surface area contributed by atoms with Gasteiger partial charge in [-0.1, -0.05) is 24.3 Å². The van der Waals surface area contributed by atoms with Crippen LogP contribution in [0.25, 0.3) is 0 Å². The van der Waals surface area contributed by atoms with Gasteiger partial charge in [0.05, 0.1) is 0 Å². The number of halogens is 1. The van der Waals surface area contributed by atoms with Gasteiger partial charge in [0.2, 0.25) is 0 Å². The predicted octanol–water partition coefficient (Wildman–Crippen LogP) is 2.51. The number of aliphatic imine (C=N–C) groups is 1. The summed E-state index contributed by atoms with van der Waals surface area (Å²) in [5, 5.41) is 9.12. The van der Waals surface area contributed by atoms with E-state index in [4.69, 9.17) is 4.74 Å². The summed E-state index contributed by atoms with van der Waals surface area (Å²) in [6, 6.07) is 12.6. The van der Waals surface area contributed by atoms with Gasteiger partial charge in [-0.05, 0) is 48.7 Å². The highest BCUT2D eigenvalue weighted by atomic mass is 19.1. The summed E-state index contributed by atoms with van der Waals surface area (Å²) in [6.07, 6.45) is 0. The van der Waals surface area contributed by atoms with Crippen LogP contribution < -0.4 is 20.7 Å². The monoisotopic (exact) mass is 386 g/mol. The molecule has 0 aliphatic heterocycles. The molecule has 1 amide bonds. The first-order chi connectivity index (χ1) is 13.5. The quantitative estimate of drug-likeness (QED) is 0.481. The number of nitrogens with one attached hydrogen (secondary N) is 3. The number of aryl methyl sites for hydroxylation is 1. The van der Waals surface area contributed by atoms with Gasteiger partial charge in [-0.3, -0.25) is 9.79 Å². The van der Waals surface area contributed by atoms with E-state index in [2.05, 4.69) is 20.9 Å². The van der Waals surface area contributed by atoms with E-state index in [1.165, 1.54) is 6.07 Å². The fourth-order valence-corrected chi connectivity index (χ4v) is 2.55. The molecule has 0 aliphatic rings. The first kappa shape index (κ1) is 21.2. The minimum Gasteiger partial charge on any atom is -0.484 e. The summed E-state index contributed by atoms with van der Waals surface area (Å²) >= 11 is 0. The molecule has 7 heteroatoms. The lowest BCUT2D eigenvalue weighted by Crippen LogP contribution is -2.36. The van der Waals surface area contributed by atoms with E-state index in [1.54, 1.807) is 20.0 Å². The van der Waals surface area contributed by atoms with Crippen LogP contribution in [0.3, 0.4) is 0 Å². The Bertz CT molecular complexity index is 824. The summed E-state index contributed by atoms with van der Waals surface area (Å²) in [6.45, 7) is 5.26. The average molecular weight is 386 g/mol. The van der Waals surface area contributed by atoms with Crippen LogP contribution in [-0.2, 0) is 17.9 Å². The highest BCUT2D eigenvalue weighted by Gasteiger charge is 2.04. The van der Waals surface area contributed by atoms with Crippen molar-refractivity contribution >= 4 is 11.9 Å². The molecular formula is C21H27FN4O2. The van der Waals surface area contributed by atoms with Crippen molar-refractivity contribution in [3.63, 3.8) is 0 Å². The minimum atomic E-state index is -0.208. The number of carbonyl (C=O) groups excluding carboxylic acids is 1. The molecule has 0 aromatic heterocycles. The molecule has 0 atom stereocenters. The zero-order valence-electron chi connectivity index (χ0n) is 16.5. The summed E-state index contributed by atoms with van der Waals surface area (Å²) in [4.78, 5) is 15.7. The van der Waals surface area contributed by atoms with Gasteiger partial charge in [-0.25, -0.2) is 4.39 Å². The molecular weight excluding hydrogens is 359 g/mol. The van der Waals surface area contributed by atoms with Crippen molar-refractivity contribution in [2.45, 2.75) is 26.9 Å². The van der Waals surface area contributed by atoms with Crippen molar-refractivity contribution in [1.29, 1.82) is 0 Å². The van der Waals surface area contributed by atoms with Crippen molar-refractivity contribution in [2.75, 3.05) is 20.2 Å². The van der Waals surface area contributed by atoms with Crippen molar-refractivity contribution in [2.24, 2.45) is 4.99 Å². The molecule has 2 aromatic carbocycles. The number of hydrogen-bond acceptors (Lipinski definition) is 3. The zero-order valence-corrected chi connectivity index (χ0v) is 16.5. The smallest absolute Gasteiger partial charge is 0.257 e. The zero-order chi connectivity index (χ0) is 20.4. The predicted molar refractivity (Wildman–Crippen MR) is 109 cm³/mol. The Morgan fingerprint density at radius 1 is 1.07 bits per heavy atom. The van der Waals surface area contributed by atoms with Crippen LogP contribution >= 0.6 is 0 Å².